The lowest BCUT2D eigenvalue weighted by Gasteiger charge is -2.24. The number of nitrogens with zero attached hydrogens (tertiary/aromatic N) is 2. The number of thioether (sulfide) groups is 1. The molecule has 4 aromatic rings. The van der Waals surface area contributed by atoms with Crippen LogP contribution in [0.2, 0.25) is 0 Å². The lowest BCUT2D eigenvalue weighted by molar-refractivity contribution is -0.123. The molecule has 7 nitrogen and oxygen atoms in total. The summed E-state index contributed by atoms with van der Waals surface area (Å²) < 4.78 is 22.9. The second kappa shape index (κ2) is 12.4. The Labute approximate surface area is 249 Å². The van der Waals surface area contributed by atoms with E-state index >= 15 is 0 Å². The highest BCUT2D eigenvalue weighted by Gasteiger charge is 2.37. The fraction of sp³-hybridized carbons (Fsp3) is 0.176. The molecule has 0 spiro atoms. The number of amidine groups is 1. The van der Waals surface area contributed by atoms with E-state index in [0.717, 1.165) is 28.1 Å². The molecule has 0 aliphatic carbocycles. The minimum atomic E-state index is -0.189. The standard InChI is InChI=1S/C34H30N2O5S/c1-3-38-30-18-24(14-16-28(30)39-21-25-15-17-29-31(19-25)41-22-40-29)20-32-33(37)36(23(2)26-10-6-4-7-11-26)34(42-32)35-27-12-8-5-9-13-27/h4-20,23H,3,21-22H2,1-2H3/b32-20+,35-34?/t23-/m0/s1. The van der Waals surface area contributed by atoms with Gasteiger partial charge in [-0.1, -0.05) is 60.7 Å². The van der Waals surface area contributed by atoms with Crippen LogP contribution in [0.15, 0.2) is 107 Å². The lowest BCUT2D eigenvalue weighted by atomic mass is 10.1. The number of hydrogen-bond donors (Lipinski definition) is 0. The highest BCUT2D eigenvalue weighted by Crippen LogP contribution is 2.40. The van der Waals surface area contributed by atoms with Crippen LogP contribution in [0.4, 0.5) is 5.69 Å². The summed E-state index contributed by atoms with van der Waals surface area (Å²) >= 11 is 1.37. The van der Waals surface area contributed by atoms with Crippen LogP contribution < -0.4 is 18.9 Å². The minimum absolute atomic E-state index is 0.0906. The van der Waals surface area contributed by atoms with E-state index in [1.54, 1.807) is 4.90 Å². The van der Waals surface area contributed by atoms with Crippen molar-refractivity contribution in [2.24, 2.45) is 4.99 Å². The molecule has 0 bridgehead atoms. The van der Waals surface area contributed by atoms with Crippen molar-refractivity contribution in [1.82, 2.24) is 4.90 Å². The summed E-state index contributed by atoms with van der Waals surface area (Å²) in [6, 6.07) is 30.9. The molecule has 1 saturated heterocycles. The Morgan fingerprint density at radius 3 is 2.45 bits per heavy atom. The van der Waals surface area contributed by atoms with Crippen molar-refractivity contribution in [3.63, 3.8) is 0 Å². The third-order valence-corrected chi connectivity index (χ3v) is 7.87. The molecule has 8 heteroatoms. The van der Waals surface area contributed by atoms with Crippen molar-refractivity contribution in [2.45, 2.75) is 26.5 Å². The van der Waals surface area contributed by atoms with Crippen molar-refractivity contribution >= 4 is 34.6 Å². The summed E-state index contributed by atoms with van der Waals surface area (Å²) in [6.45, 7) is 5.00. The van der Waals surface area contributed by atoms with Gasteiger partial charge in [-0.05, 0) is 84.8 Å². The molecule has 0 aromatic heterocycles. The fourth-order valence-corrected chi connectivity index (χ4v) is 5.81. The van der Waals surface area contributed by atoms with Gasteiger partial charge in [0.05, 0.1) is 23.2 Å². The Morgan fingerprint density at radius 1 is 0.905 bits per heavy atom. The van der Waals surface area contributed by atoms with E-state index in [4.69, 9.17) is 23.9 Å². The van der Waals surface area contributed by atoms with Crippen LogP contribution in [-0.2, 0) is 11.4 Å². The third kappa shape index (κ3) is 5.99. The molecular weight excluding hydrogens is 548 g/mol. The van der Waals surface area contributed by atoms with E-state index in [-0.39, 0.29) is 18.7 Å². The number of fused-ring (bicyclic) bond motifs is 1. The predicted molar refractivity (Wildman–Crippen MR) is 165 cm³/mol. The number of hydrogen-bond acceptors (Lipinski definition) is 7. The summed E-state index contributed by atoms with van der Waals surface area (Å²) in [5.74, 6) is 2.59. The monoisotopic (exact) mass is 578 g/mol. The van der Waals surface area contributed by atoms with Crippen LogP contribution in [0, 0.1) is 0 Å². The van der Waals surface area contributed by atoms with Crippen LogP contribution in [0.1, 0.15) is 36.6 Å². The van der Waals surface area contributed by atoms with Gasteiger partial charge in [0.15, 0.2) is 28.2 Å². The van der Waals surface area contributed by atoms with Crippen molar-refractivity contribution in [2.75, 3.05) is 13.4 Å². The number of para-hydroxylation sites is 1. The quantitative estimate of drug-likeness (QED) is 0.189. The van der Waals surface area contributed by atoms with Gasteiger partial charge in [0.1, 0.15) is 6.61 Å². The van der Waals surface area contributed by atoms with Gasteiger partial charge in [-0.25, -0.2) is 4.99 Å². The summed E-state index contributed by atoms with van der Waals surface area (Å²) in [5, 5.41) is 0.641. The Hall–Kier alpha value is -4.69. The summed E-state index contributed by atoms with van der Waals surface area (Å²) in [6.07, 6.45) is 1.88. The first-order chi connectivity index (χ1) is 20.6. The average molecular weight is 579 g/mol. The Bertz CT molecular complexity index is 1640. The van der Waals surface area contributed by atoms with Gasteiger partial charge in [0.2, 0.25) is 6.79 Å². The topological polar surface area (TPSA) is 69.6 Å². The van der Waals surface area contributed by atoms with Crippen molar-refractivity contribution in [3.8, 4) is 23.0 Å². The number of amides is 1. The third-order valence-electron chi connectivity index (χ3n) is 6.88. The molecule has 1 amide bonds. The normalized spacial score (nSPS) is 16.7. The lowest BCUT2D eigenvalue weighted by Crippen LogP contribution is -2.32. The smallest absolute Gasteiger partial charge is 0.267 e. The molecule has 1 atom stereocenters. The predicted octanol–water partition coefficient (Wildman–Crippen LogP) is 7.76. The number of benzene rings is 4. The van der Waals surface area contributed by atoms with Gasteiger partial charge >= 0.3 is 0 Å². The van der Waals surface area contributed by atoms with Crippen LogP contribution in [0.5, 0.6) is 23.0 Å². The summed E-state index contributed by atoms with van der Waals surface area (Å²) in [4.78, 5) is 21.0. The summed E-state index contributed by atoms with van der Waals surface area (Å²) in [7, 11) is 0. The Kier molecular flexibility index (Phi) is 8.14. The van der Waals surface area contributed by atoms with E-state index in [1.165, 1.54) is 11.8 Å². The molecule has 2 aliphatic heterocycles. The Balaban J connectivity index is 1.27. The zero-order valence-electron chi connectivity index (χ0n) is 23.4. The molecule has 1 fully saturated rings. The van der Waals surface area contributed by atoms with Crippen LogP contribution in [-0.4, -0.2) is 29.4 Å². The highest BCUT2D eigenvalue weighted by atomic mass is 32.2. The van der Waals surface area contributed by atoms with Gasteiger partial charge in [0, 0.05) is 0 Å². The van der Waals surface area contributed by atoms with Crippen molar-refractivity contribution in [3.05, 3.63) is 119 Å². The number of carbonyl (C=O) groups is 1. The molecule has 2 heterocycles. The average Bonchev–Trinajstić information content (AvgIpc) is 3.61. The highest BCUT2D eigenvalue weighted by molar-refractivity contribution is 8.18. The first-order valence-corrected chi connectivity index (χ1v) is 14.6. The van der Waals surface area contributed by atoms with E-state index in [0.29, 0.717) is 40.5 Å². The fourth-order valence-electron chi connectivity index (χ4n) is 4.74. The molecule has 42 heavy (non-hydrogen) atoms. The zero-order valence-corrected chi connectivity index (χ0v) is 24.2. The largest absolute Gasteiger partial charge is 0.490 e. The molecule has 0 N–H and O–H groups in total. The minimum Gasteiger partial charge on any atom is -0.490 e. The van der Waals surface area contributed by atoms with Crippen LogP contribution in [0.3, 0.4) is 0 Å². The van der Waals surface area contributed by atoms with Crippen molar-refractivity contribution < 1.29 is 23.7 Å². The van der Waals surface area contributed by atoms with Crippen molar-refractivity contribution in [1.29, 1.82) is 0 Å². The molecule has 0 unspecified atom stereocenters. The maximum atomic E-state index is 13.8. The number of carbonyl (C=O) groups excluding carboxylic acids is 1. The molecule has 2 aliphatic rings. The van der Waals surface area contributed by atoms with E-state index < -0.39 is 0 Å². The maximum Gasteiger partial charge on any atom is 0.267 e. The van der Waals surface area contributed by atoms with Gasteiger partial charge in [-0.2, -0.15) is 0 Å². The number of ether oxygens (including phenoxy) is 4. The molecule has 0 radical (unpaired) electrons. The molecule has 212 valence electrons. The molecule has 4 aromatic carbocycles. The molecular formula is C34H30N2O5S. The zero-order chi connectivity index (χ0) is 28.9. The van der Waals surface area contributed by atoms with Gasteiger partial charge in [0.25, 0.3) is 5.91 Å². The Morgan fingerprint density at radius 2 is 1.67 bits per heavy atom. The number of aliphatic imine (C=N–C) groups is 1. The van der Waals surface area contributed by atoms with Gasteiger partial charge in [-0.3, -0.25) is 9.69 Å². The van der Waals surface area contributed by atoms with Crippen LogP contribution >= 0.6 is 11.8 Å². The second-order valence-corrected chi connectivity index (χ2v) is 10.7. The second-order valence-electron chi connectivity index (χ2n) is 9.72. The summed E-state index contributed by atoms with van der Waals surface area (Å²) in [5.41, 5.74) is 3.62. The molecule has 6 rings (SSSR count). The molecule has 0 saturated carbocycles. The first-order valence-electron chi connectivity index (χ1n) is 13.8. The van der Waals surface area contributed by atoms with E-state index in [1.807, 2.05) is 117 Å². The van der Waals surface area contributed by atoms with E-state index in [9.17, 15) is 4.79 Å². The van der Waals surface area contributed by atoms with E-state index in [2.05, 4.69) is 0 Å². The number of rotatable bonds is 9. The first kappa shape index (κ1) is 27.5. The van der Waals surface area contributed by atoms with Gasteiger partial charge in [-0.15, -0.1) is 0 Å². The SMILES string of the molecule is CCOc1cc(/C=C2/SC(=Nc3ccccc3)N([C@@H](C)c3ccccc3)C2=O)ccc1OCc1ccc2c(c1)OCO2. The van der Waals surface area contributed by atoms with Gasteiger partial charge < -0.3 is 18.9 Å². The maximum absolute atomic E-state index is 13.8. The van der Waals surface area contributed by atoms with Crippen LogP contribution in [0.25, 0.3) is 6.08 Å².